The lowest BCUT2D eigenvalue weighted by molar-refractivity contribution is -0.121. The fourth-order valence-corrected chi connectivity index (χ4v) is 1.94. The second-order valence-electron chi connectivity index (χ2n) is 3.94. The molecule has 0 unspecified atom stereocenters. The van der Waals surface area contributed by atoms with E-state index in [0.717, 1.165) is 11.9 Å². The number of aromatic nitrogens is 3. The SMILES string of the molecule is CCCNC(=O)Cn1c(CCl)nc2cccnc21. The molecule has 0 aromatic carbocycles. The lowest BCUT2D eigenvalue weighted by Gasteiger charge is -2.07. The van der Waals surface area contributed by atoms with Crippen molar-refractivity contribution >= 4 is 28.7 Å². The van der Waals surface area contributed by atoms with Gasteiger partial charge < -0.3 is 9.88 Å². The lowest BCUT2D eigenvalue weighted by Crippen LogP contribution is -2.28. The molecule has 2 aromatic heterocycles. The Bertz CT molecular complexity index is 552. The van der Waals surface area contributed by atoms with E-state index in [1.807, 2.05) is 19.1 Å². The minimum Gasteiger partial charge on any atom is -0.355 e. The van der Waals surface area contributed by atoms with E-state index in [1.165, 1.54) is 0 Å². The molecule has 0 spiro atoms. The molecular weight excluding hydrogens is 252 g/mol. The Labute approximate surface area is 110 Å². The molecule has 5 nitrogen and oxygen atoms in total. The predicted octanol–water partition coefficient (Wildman–Crippen LogP) is 1.70. The number of hydrogen-bond acceptors (Lipinski definition) is 3. The molecule has 0 bridgehead atoms. The highest BCUT2D eigenvalue weighted by Gasteiger charge is 2.13. The number of alkyl halides is 1. The first-order valence-electron chi connectivity index (χ1n) is 5.89. The largest absolute Gasteiger partial charge is 0.355 e. The summed E-state index contributed by atoms with van der Waals surface area (Å²) in [6.45, 7) is 2.89. The van der Waals surface area contributed by atoms with Crippen LogP contribution in [0, 0.1) is 0 Å². The number of halogens is 1. The fraction of sp³-hybridized carbons (Fsp3) is 0.417. The number of fused-ring (bicyclic) bond motifs is 1. The van der Waals surface area contributed by atoms with Gasteiger partial charge in [0.05, 0.1) is 5.88 Å². The van der Waals surface area contributed by atoms with Crippen LogP contribution in [0.3, 0.4) is 0 Å². The Balaban J connectivity index is 2.28. The van der Waals surface area contributed by atoms with Gasteiger partial charge in [-0.3, -0.25) is 4.79 Å². The van der Waals surface area contributed by atoms with Crippen LogP contribution < -0.4 is 5.32 Å². The number of nitrogens with one attached hydrogen (secondary N) is 1. The molecule has 0 aliphatic carbocycles. The summed E-state index contributed by atoms with van der Waals surface area (Å²) in [6, 6.07) is 3.67. The van der Waals surface area contributed by atoms with Gasteiger partial charge in [-0.2, -0.15) is 0 Å². The zero-order chi connectivity index (χ0) is 13.0. The molecule has 2 rings (SSSR count). The van der Waals surface area contributed by atoms with Crippen molar-refractivity contribution in [1.82, 2.24) is 19.9 Å². The van der Waals surface area contributed by atoms with Crippen LogP contribution in [0.5, 0.6) is 0 Å². The third kappa shape index (κ3) is 2.61. The molecule has 18 heavy (non-hydrogen) atoms. The van der Waals surface area contributed by atoms with E-state index >= 15 is 0 Å². The Kier molecular flexibility index (Phi) is 4.15. The van der Waals surface area contributed by atoms with Crippen LogP contribution in [0.4, 0.5) is 0 Å². The second kappa shape index (κ2) is 5.82. The molecular formula is C12H15ClN4O. The van der Waals surface area contributed by atoms with Crippen molar-refractivity contribution in [2.45, 2.75) is 25.8 Å². The smallest absolute Gasteiger partial charge is 0.240 e. The van der Waals surface area contributed by atoms with Gasteiger partial charge in [0, 0.05) is 12.7 Å². The van der Waals surface area contributed by atoms with Crippen LogP contribution in [0.15, 0.2) is 18.3 Å². The number of hydrogen-bond donors (Lipinski definition) is 1. The summed E-state index contributed by atoms with van der Waals surface area (Å²) < 4.78 is 1.76. The van der Waals surface area contributed by atoms with Crippen molar-refractivity contribution in [2.24, 2.45) is 0 Å². The van der Waals surface area contributed by atoms with Crippen LogP contribution in [0.25, 0.3) is 11.2 Å². The molecule has 0 saturated heterocycles. The van der Waals surface area contributed by atoms with E-state index in [2.05, 4.69) is 15.3 Å². The number of carbonyl (C=O) groups excluding carboxylic acids is 1. The van der Waals surface area contributed by atoms with Crippen molar-refractivity contribution in [3.8, 4) is 0 Å². The minimum atomic E-state index is -0.0480. The van der Waals surface area contributed by atoms with E-state index < -0.39 is 0 Å². The van der Waals surface area contributed by atoms with Gasteiger partial charge in [0.2, 0.25) is 5.91 Å². The third-order valence-corrected chi connectivity index (χ3v) is 2.82. The molecule has 6 heteroatoms. The van der Waals surface area contributed by atoms with Gasteiger partial charge in [-0.1, -0.05) is 6.92 Å². The second-order valence-corrected chi connectivity index (χ2v) is 4.21. The van der Waals surface area contributed by atoms with E-state index in [-0.39, 0.29) is 18.3 Å². The molecule has 0 fully saturated rings. The number of nitrogens with zero attached hydrogens (tertiary/aromatic N) is 3. The highest BCUT2D eigenvalue weighted by atomic mass is 35.5. The predicted molar refractivity (Wildman–Crippen MR) is 70.4 cm³/mol. The summed E-state index contributed by atoms with van der Waals surface area (Å²) in [5.74, 6) is 0.877. The molecule has 0 aliphatic rings. The van der Waals surface area contributed by atoms with E-state index in [9.17, 15) is 4.79 Å². The molecule has 0 atom stereocenters. The number of imidazole rings is 1. The summed E-state index contributed by atoms with van der Waals surface area (Å²) in [5, 5.41) is 2.83. The van der Waals surface area contributed by atoms with Crippen LogP contribution in [-0.4, -0.2) is 27.0 Å². The summed E-state index contributed by atoms with van der Waals surface area (Å²) in [5.41, 5.74) is 1.45. The summed E-state index contributed by atoms with van der Waals surface area (Å²) in [7, 11) is 0. The first-order chi connectivity index (χ1) is 8.76. The van der Waals surface area contributed by atoms with E-state index in [1.54, 1.807) is 10.8 Å². The fourth-order valence-electron chi connectivity index (χ4n) is 1.74. The molecule has 1 N–H and O–H groups in total. The van der Waals surface area contributed by atoms with Gasteiger partial charge in [-0.05, 0) is 18.6 Å². The lowest BCUT2D eigenvalue weighted by atomic mass is 10.4. The maximum atomic E-state index is 11.8. The number of amides is 1. The zero-order valence-corrected chi connectivity index (χ0v) is 10.9. The number of pyridine rings is 1. The highest BCUT2D eigenvalue weighted by Crippen LogP contribution is 2.14. The molecule has 0 aliphatic heterocycles. The maximum absolute atomic E-state index is 11.8. The Morgan fingerprint density at radius 3 is 3.11 bits per heavy atom. The molecule has 1 amide bonds. The van der Waals surface area contributed by atoms with Crippen LogP contribution >= 0.6 is 11.6 Å². The monoisotopic (exact) mass is 266 g/mol. The Morgan fingerprint density at radius 1 is 1.56 bits per heavy atom. The first kappa shape index (κ1) is 12.8. The summed E-state index contributed by atoms with van der Waals surface area (Å²) in [4.78, 5) is 20.3. The molecule has 96 valence electrons. The van der Waals surface area contributed by atoms with Crippen molar-refractivity contribution in [3.63, 3.8) is 0 Å². The Morgan fingerprint density at radius 2 is 2.39 bits per heavy atom. The van der Waals surface area contributed by atoms with Gasteiger partial charge in [0.25, 0.3) is 0 Å². The van der Waals surface area contributed by atoms with Gasteiger partial charge in [-0.15, -0.1) is 11.6 Å². The summed E-state index contributed by atoms with van der Waals surface area (Å²) >= 11 is 5.85. The summed E-state index contributed by atoms with van der Waals surface area (Å²) in [6.07, 6.45) is 2.60. The minimum absolute atomic E-state index is 0.0480. The number of rotatable bonds is 5. The van der Waals surface area contributed by atoms with Crippen LogP contribution in [0.2, 0.25) is 0 Å². The maximum Gasteiger partial charge on any atom is 0.240 e. The van der Waals surface area contributed by atoms with Gasteiger partial charge in [0.1, 0.15) is 17.9 Å². The highest BCUT2D eigenvalue weighted by molar-refractivity contribution is 6.16. The van der Waals surface area contributed by atoms with Gasteiger partial charge in [-0.25, -0.2) is 9.97 Å². The number of carbonyl (C=O) groups is 1. The Hall–Kier alpha value is -1.62. The van der Waals surface area contributed by atoms with E-state index in [0.29, 0.717) is 18.0 Å². The molecule has 2 heterocycles. The average molecular weight is 267 g/mol. The topological polar surface area (TPSA) is 59.8 Å². The van der Waals surface area contributed by atoms with Crippen molar-refractivity contribution in [2.75, 3.05) is 6.54 Å². The normalized spacial score (nSPS) is 10.8. The van der Waals surface area contributed by atoms with Crippen LogP contribution in [-0.2, 0) is 17.2 Å². The van der Waals surface area contributed by atoms with Gasteiger partial charge >= 0.3 is 0 Å². The zero-order valence-electron chi connectivity index (χ0n) is 10.2. The quantitative estimate of drug-likeness (QED) is 0.838. The standard InChI is InChI=1S/C12H15ClN4O/c1-2-5-14-11(18)8-17-10(7-13)16-9-4-3-6-15-12(9)17/h3-4,6H,2,5,7-8H2,1H3,(H,14,18). The van der Waals surface area contributed by atoms with Crippen LogP contribution in [0.1, 0.15) is 19.2 Å². The third-order valence-electron chi connectivity index (χ3n) is 2.58. The van der Waals surface area contributed by atoms with E-state index in [4.69, 9.17) is 11.6 Å². The first-order valence-corrected chi connectivity index (χ1v) is 6.42. The van der Waals surface area contributed by atoms with Gasteiger partial charge in [0.15, 0.2) is 5.65 Å². The molecule has 0 radical (unpaired) electrons. The molecule has 2 aromatic rings. The van der Waals surface area contributed by atoms with Crippen molar-refractivity contribution in [3.05, 3.63) is 24.2 Å². The van der Waals surface area contributed by atoms with Crippen molar-refractivity contribution < 1.29 is 4.79 Å². The molecule has 0 saturated carbocycles. The average Bonchev–Trinajstić information content (AvgIpc) is 2.75. The van der Waals surface area contributed by atoms with Crippen molar-refractivity contribution in [1.29, 1.82) is 0 Å².